The molecule has 0 heterocycles. The summed E-state index contributed by atoms with van der Waals surface area (Å²) in [7, 11) is -1.77. The van der Waals surface area contributed by atoms with E-state index < -0.39 is 10.2 Å². The molecule has 0 aliphatic carbocycles. The van der Waals surface area contributed by atoms with E-state index in [1.165, 1.54) is 11.4 Å². The molecule has 0 spiro atoms. The van der Waals surface area contributed by atoms with Crippen LogP contribution in [-0.4, -0.2) is 32.9 Å². The Balaban J connectivity index is -0.000000405. The zero-order valence-corrected chi connectivity index (χ0v) is 10.4. The second-order valence-corrected chi connectivity index (χ2v) is 3.67. The first-order valence-electron chi connectivity index (χ1n) is 3.27. The molecule has 0 rings (SSSR count). The molecule has 0 unspecified atom stereocenters. The van der Waals surface area contributed by atoms with Gasteiger partial charge in [-0.1, -0.05) is 13.8 Å². The molecular formula is C5H15N2NaO2S. The Hall–Kier alpha value is 0.870. The maximum Gasteiger partial charge on any atom is 1.00 e. The summed E-state index contributed by atoms with van der Waals surface area (Å²) in [5.74, 6) is 0. The van der Waals surface area contributed by atoms with Gasteiger partial charge in [0.2, 0.25) is 0 Å². The summed E-state index contributed by atoms with van der Waals surface area (Å²) in [5.41, 5.74) is 0. The van der Waals surface area contributed by atoms with Crippen molar-refractivity contribution in [2.45, 2.75) is 13.8 Å². The summed E-state index contributed by atoms with van der Waals surface area (Å²) < 4.78 is 25.5. The second kappa shape index (κ2) is 6.39. The van der Waals surface area contributed by atoms with E-state index in [0.717, 1.165) is 0 Å². The third-order valence-corrected chi connectivity index (χ3v) is 3.02. The summed E-state index contributed by atoms with van der Waals surface area (Å²) >= 11 is 0. The Morgan fingerprint density at radius 1 is 1.36 bits per heavy atom. The predicted octanol–water partition coefficient (Wildman–Crippen LogP) is -3.09. The molecular weight excluding hydrogens is 175 g/mol. The van der Waals surface area contributed by atoms with Gasteiger partial charge in [0.05, 0.1) is 0 Å². The van der Waals surface area contributed by atoms with Crippen molar-refractivity contribution in [1.82, 2.24) is 9.03 Å². The minimum absolute atomic E-state index is 0. The number of hydrogen-bond acceptors (Lipinski definition) is 2. The normalized spacial score (nSPS) is 11.3. The van der Waals surface area contributed by atoms with Crippen molar-refractivity contribution in [1.29, 1.82) is 0 Å². The maximum absolute atomic E-state index is 11.0. The molecule has 4 nitrogen and oxygen atoms in total. The van der Waals surface area contributed by atoms with Crippen LogP contribution in [0.2, 0.25) is 0 Å². The van der Waals surface area contributed by atoms with E-state index in [1.807, 2.05) is 0 Å². The summed E-state index contributed by atoms with van der Waals surface area (Å²) in [6.45, 7) is 4.64. The summed E-state index contributed by atoms with van der Waals surface area (Å²) in [5, 5.41) is 0. The fourth-order valence-corrected chi connectivity index (χ4v) is 1.63. The summed E-state index contributed by atoms with van der Waals surface area (Å²) in [4.78, 5) is 0. The predicted molar refractivity (Wildman–Crippen MR) is 42.0 cm³/mol. The van der Waals surface area contributed by atoms with Gasteiger partial charge in [0.15, 0.2) is 0 Å². The van der Waals surface area contributed by atoms with Crippen molar-refractivity contribution in [2.75, 3.05) is 20.1 Å². The van der Waals surface area contributed by atoms with Gasteiger partial charge in [-0.05, 0) is 0 Å². The van der Waals surface area contributed by atoms with Gasteiger partial charge in [-0.15, -0.1) is 0 Å². The number of nitrogens with one attached hydrogen (secondary N) is 1. The van der Waals surface area contributed by atoms with Gasteiger partial charge in [-0.2, -0.15) is 12.7 Å². The zero-order valence-electron chi connectivity index (χ0n) is 8.59. The Kier molecular flexibility index (Phi) is 8.37. The van der Waals surface area contributed by atoms with Crippen molar-refractivity contribution < 1.29 is 39.4 Å². The molecule has 0 aromatic rings. The topological polar surface area (TPSA) is 49.4 Å². The van der Waals surface area contributed by atoms with E-state index >= 15 is 0 Å². The molecule has 0 aliphatic rings. The quantitative estimate of drug-likeness (QED) is 0.478. The molecule has 0 aromatic heterocycles. The maximum atomic E-state index is 11.0. The van der Waals surface area contributed by atoms with Crippen LogP contribution in [0, 0.1) is 0 Å². The SMILES string of the molecule is CCN(CC)S(=O)(=O)NC.[H-].[Na+]. The standard InChI is InChI=1S/C5H14N2O2S.Na.H/c1-4-7(5-2)10(8,9)6-3;;/h6H,4-5H2,1-3H3;;/q;+1;-1. The molecule has 64 valence electrons. The van der Waals surface area contributed by atoms with Crippen molar-refractivity contribution in [3.8, 4) is 0 Å². The van der Waals surface area contributed by atoms with Crippen LogP contribution in [0.3, 0.4) is 0 Å². The van der Waals surface area contributed by atoms with Gasteiger partial charge in [-0.25, -0.2) is 4.72 Å². The first-order valence-corrected chi connectivity index (χ1v) is 4.71. The molecule has 11 heavy (non-hydrogen) atoms. The molecule has 0 radical (unpaired) electrons. The van der Waals surface area contributed by atoms with E-state index in [-0.39, 0.29) is 31.0 Å². The smallest absolute Gasteiger partial charge is 1.00 e. The molecule has 0 aromatic carbocycles. The van der Waals surface area contributed by atoms with Crippen LogP contribution in [0.1, 0.15) is 15.3 Å². The van der Waals surface area contributed by atoms with E-state index in [1.54, 1.807) is 13.8 Å². The van der Waals surface area contributed by atoms with Gasteiger partial charge >= 0.3 is 29.6 Å². The van der Waals surface area contributed by atoms with Crippen molar-refractivity contribution in [2.24, 2.45) is 0 Å². The molecule has 0 amide bonds. The molecule has 0 atom stereocenters. The Morgan fingerprint density at radius 2 is 1.73 bits per heavy atom. The van der Waals surface area contributed by atoms with E-state index in [9.17, 15) is 8.42 Å². The van der Waals surface area contributed by atoms with E-state index in [2.05, 4.69) is 4.72 Å². The van der Waals surface area contributed by atoms with Gasteiger partial charge < -0.3 is 1.43 Å². The van der Waals surface area contributed by atoms with Gasteiger partial charge in [0.1, 0.15) is 0 Å². The second-order valence-electron chi connectivity index (χ2n) is 1.79. The van der Waals surface area contributed by atoms with E-state index in [4.69, 9.17) is 0 Å². The zero-order chi connectivity index (χ0) is 8.20. The third kappa shape index (κ3) is 4.45. The number of hydrogen-bond donors (Lipinski definition) is 1. The van der Waals surface area contributed by atoms with Crippen LogP contribution in [0.25, 0.3) is 0 Å². The Bertz CT molecular complexity index is 182. The Morgan fingerprint density at radius 3 is 1.82 bits per heavy atom. The van der Waals surface area contributed by atoms with Crippen molar-refractivity contribution in [3.63, 3.8) is 0 Å². The molecule has 1 N–H and O–H groups in total. The van der Waals surface area contributed by atoms with Crippen LogP contribution in [0.4, 0.5) is 0 Å². The average Bonchev–Trinajstić information content (AvgIpc) is 1.90. The molecule has 0 fully saturated rings. The molecule has 0 bridgehead atoms. The summed E-state index contributed by atoms with van der Waals surface area (Å²) in [6.07, 6.45) is 0. The van der Waals surface area contributed by atoms with Crippen LogP contribution < -0.4 is 34.3 Å². The van der Waals surface area contributed by atoms with Gasteiger partial charge in [0.25, 0.3) is 10.2 Å². The van der Waals surface area contributed by atoms with Crippen molar-refractivity contribution >= 4 is 10.2 Å². The molecule has 6 heteroatoms. The molecule has 0 saturated heterocycles. The third-order valence-electron chi connectivity index (χ3n) is 1.30. The van der Waals surface area contributed by atoms with Gasteiger partial charge in [-0.3, -0.25) is 0 Å². The Labute approximate surface area is 92.3 Å². The molecule has 0 aliphatic heterocycles. The first kappa shape index (κ1) is 14.4. The minimum atomic E-state index is -3.18. The van der Waals surface area contributed by atoms with Gasteiger partial charge in [0, 0.05) is 20.1 Å². The van der Waals surface area contributed by atoms with E-state index in [0.29, 0.717) is 13.1 Å². The average molecular weight is 190 g/mol. The largest absolute Gasteiger partial charge is 1.00 e. The van der Waals surface area contributed by atoms with Crippen LogP contribution in [-0.2, 0) is 10.2 Å². The summed E-state index contributed by atoms with van der Waals surface area (Å²) in [6, 6.07) is 0. The monoisotopic (exact) mass is 190 g/mol. The fourth-order valence-electron chi connectivity index (χ4n) is 0.693. The number of nitrogens with zero attached hydrogens (tertiary/aromatic N) is 1. The van der Waals surface area contributed by atoms with Crippen molar-refractivity contribution in [3.05, 3.63) is 0 Å². The fraction of sp³-hybridized carbons (Fsp3) is 1.00. The van der Waals surface area contributed by atoms with Crippen LogP contribution in [0.5, 0.6) is 0 Å². The number of rotatable bonds is 4. The minimum Gasteiger partial charge on any atom is -1.00 e. The first-order chi connectivity index (χ1) is 4.58. The molecule has 0 saturated carbocycles. The van der Waals surface area contributed by atoms with Crippen LogP contribution in [0.15, 0.2) is 0 Å². The van der Waals surface area contributed by atoms with Crippen LogP contribution >= 0.6 is 0 Å².